The molecule has 1 aromatic heterocycles. The van der Waals surface area contributed by atoms with Gasteiger partial charge in [0.1, 0.15) is 5.69 Å². The van der Waals surface area contributed by atoms with Gasteiger partial charge < -0.3 is 19.9 Å². The first kappa shape index (κ1) is 16.2. The van der Waals surface area contributed by atoms with E-state index in [1.807, 2.05) is 6.92 Å². The van der Waals surface area contributed by atoms with E-state index in [2.05, 4.69) is 15.3 Å². The van der Waals surface area contributed by atoms with Gasteiger partial charge in [-0.25, -0.2) is 9.97 Å². The number of hydrogen-bond acceptors (Lipinski definition) is 6. The van der Waals surface area contributed by atoms with E-state index >= 15 is 0 Å². The van der Waals surface area contributed by atoms with Crippen molar-refractivity contribution in [3.63, 3.8) is 0 Å². The number of anilines is 1. The fourth-order valence-corrected chi connectivity index (χ4v) is 2.21. The lowest BCUT2D eigenvalue weighted by atomic mass is 10.2. The van der Waals surface area contributed by atoms with Crippen molar-refractivity contribution in [3.05, 3.63) is 17.5 Å². The van der Waals surface area contributed by atoms with Crippen LogP contribution < -0.4 is 5.32 Å². The van der Waals surface area contributed by atoms with Crippen molar-refractivity contribution in [2.75, 3.05) is 51.8 Å². The Morgan fingerprint density at radius 3 is 2.73 bits per heavy atom. The summed E-state index contributed by atoms with van der Waals surface area (Å²) < 4.78 is 4.96. The summed E-state index contributed by atoms with van der Waals surface area (Å²) in [5.74, 6) is 0.290. The van der Waals surface area contributed by atoms with Crippen molar-refractivity contribution in [2.24, 2.45) is 0 Å². The van der Waals surface area contributed by atoms with Crippen molar-refractivity contribution < 1.29 is 14.3 Å². The van der Waals surface area contributed by atoms with Crippen molar-refractivity contribution >= 4 is 18.3 Å². The van der Waals surface area contributed by atoms with E-state index in [1.54, 1.807) is 23.0 Å². The largest absolute Gasteiger partial charge is 0.383 e. The Morgan fingerprint density at radius 1 is 1.36 bits per heavy atom. The van der Waals surface area contributed by atoms with Gasteiger partial charge in [0.15, 0.2) is 0 Å². The van der Waals surface area contributed by atoms with Gasteiger partial charge in [-0.1, -0.05) is 0 Å². The number of carbonyl (C=O) groups excluding carboxylic acids is 2. The van der Waals surface area contributed by atoms with Crippen LogP contribution in [0.25, 0.3) is 0 Å². The average Bonchev–Trinajstić information content (AvgIpc) is 2.54. The SMILES string of the molecule is COCCNc1nc(C)cc(C(=O)N2CCN(C=O)CC2)n1. The van der Waals surface area contributed by atoms with Crippen LogP contribution in [0.15, 0.2) is 6.07 Å². The van der Waals surface area contributed by atoms with Gasteiger partial charge in [0.05, 0.1) is 6.61 Å². The highest BCUT2D eigenvalue weighted by Crippen LogP contribution is 2.10. The minimum atomic E-state index is -0.133. The molecule has 1 aliphatic rings. The maximum atomic E-state index is 12.5. The van der Waals surface area contributed by atoms with Gasteiger partial charge in [-0.15, -0.1) is 0 Å². The first-order valence-electron chi connectivity index (χ1n) is 7.21. The van der Waals surface area contributed by atoms with E-state index in [-0.39, 0.29) is 5.91 Å². The summed E-state index contributed by atoms with van der Waals surface area (Å²) in [4.78, 5) is 35.1. The summed E-state index contributed by atoms with van der Waals surface area (Å²) in [6.07, 6.45) is 0.814. The summed E-state index contributed by atoms with van der Waals surface area (Å²) >= 11 is 0. The third-order valence-corrected chi connectivity index (χ3v) is 3.41. The molecule has 2 rings (SSSR count). The molecule has 0 spiro atoms. The molecule has 22 heavy (non-hydrogen) atoms. The maximum absolute atomic E-state index is 12.5. The summed E-state index contributed by atoms with van der Waals surface area (Å²) in [5.41, 5.74) is 1.09. The molecule has 0 atom stereocenters. The van der Waals surface area contributed by atoms with Crippen LogP contribution in [0.1, 0.15) is 16.2 Å². The van der Waals surface area contributed by atoms with Crippen LogP contribution >= 0.6 is 0 Å². The number of ether oxygens (including phenoxy) is 1. The molecule has 1 saturated heterocycles. The number of nitrogens with one attached hydrogen (secondary N) is 1. The van der Waals surface area contributed by atoms with Crippen LogP contribution in [-0.2, 0) is 9.53 Å². The van der Waals surface area contributed by atoms with E-state index in [0.717, 1.165) is 12.1 Å². The fraction of sp³-hybridized carbons (Fsp3) is 0.571. The highest BCUT2D eigenvalue weighted by atomic mass is 16.5. The number of hydrogen-bond donors (Lipinski definition) is 1. The Morgan fingerprint density at radius 2 is 2.09 bits per heavy atom. The smallest absolute Gasteiger partial charge is 0.272 e. The molecule has 0 aromatic carbocycles. The Kier molecular flexibility index (Phi) is 5.65. The number of amides is 2. The Labute approximate surface area is 129 Å². The number of aromatic nitrogens is 2. The normalized spacial score (nSPS) is 14.8. The van der Waals surface area contributed by atoms with Crippen LogP contribution in [0.3, 0.4) is 0 Å². The Balaban J connectivity index is 2.04. The number of piperazine rings is 1. The second kappa shape index (κ2) is 7.69. The minimum Gasteiger partial charge on any atom is -0.383 e. The van der Waals surface area contributed by atoms with Gasteiger partial charge in [0.2, 0.25) is 12.4 Å². The molecule has 8 heteroatoms. The molecule has 1 N–H and O–H groups in total. The molecule has 2 amide bonds. The highest BCUT2D eigenvalue weighted by molar-refractivity contribution is 5.92. The first-order chi connectivity index (χ1) is 10.6. The van der Waals surface area contributed by atoms with E-state index in [9.17, 15) is 9.59 Å². The fourth-order valence-electron chi connectivity index (χ4n) is 2.21. The molecular formula is C14H21N5O3. The zero-order valence-corrected chi connectivity index (χ0v) is 12.9. The molecule has 0 aliphatic carbocycles. The summed E-state index contributed by atoms with van der Waals surface area (Å²) in [5, 5.41) is 3.03. The van der Waals surface area contributed by atoms with E-state index in [4.69, 9.17) is 4.74 Å². The van der Waals surface area contributed by atoms with Gasteiger partial charge in [-0.05, 0) is 13.0 Å². The quantitative estimate of drug-likeness (QED) is 0.576. The molecule has 0 saturated carbocycles. The third-order valence-electron chi connectivity index (χ3n) is 3.41. The third kappa shape index (κ3) is 4.14. The van der Waals surface area contributed by atoms with Crippen LogP contribution in [0.4, 0.5) is 5.95 Å². The van der Waals surface area contributed by atoms with Gasteiger partial charge >= 0.3 is 0 Å². The van der Waals surface area contributed by atoms with Crippen molar-refractivity contribution in [3.8, 4) is 0 Å². The molecule has 2 heterocycles. The zero-order chi connectivity index (χ0) is 15.9. The first-order valence-corrected chi connectivity index (χ1v) is 7.21. The predicted octanol–water partition coefficient (Wildman–Crippen LogP) is -0.242. The second-order valence-corrected chi connectivity index (χ2v) is 5.07. The van der Waals surface area contributed by atoms with Gasteiger partial charge in [0, 0.05) is 45.5 Å². The van der Waals surface area contributed by atoms with Crippen molar-refractivity contribution in [1.29, 1.82) is 0 Å². The topological polar surface area (TPSA) is 87.7 Å². The lowest BCUT2D eigenvalue weighted by Gasteiger charge is -2.32. The van der Waals surface area contributed by atoms with Crippen LogP contribution in [0, 0.1) is 6.92 Å². The molecule has 1 fully saturated rings. The molecule has 1 aromatic rings. The predicted molar refractivity (Wildman–Crippen MR) is 80.7 cm³/mol. The molecule has 120 valence electrons. The number of rotatable bonds is 6. The van der Waals surface area contributed by atoms with E-state index < -0.39 is 0 Å². The number of aryl methyl sites for hydroxylation is 1. The zero-order valence-electron chi connectivity index (χ0n) is 12.9. The Bertz CT molecular complexity index is 529. The van der Waals surface area contributed by atoms with Crippen LogP contribution in [0.2, 0.25) is 0 Å². The molecular weight excluding hydrogens is 286 g/mol. The lowest BCUT2D eigenvalue weighted by molar-refractivity contribution is -0.119. The summed E-state index contributed by atoms with van der Waals surface area (Å²) in [7, 11) is 1.62. The van der Waals surface area contributed by atoms with E-state index in [1.165, 1.54) is 0 Å². The van der Waals surface area contributed by atoms with Crippen molar-refractivity contribution in [2.45, 2.75) is 6.92 Å². The van der Waals surface area contributed by atoms with Crippen molar-refractivity contribution in [1.82, 2.24) is 19.8 Å². The number of methoxy groups -OCH3 is 1. The van der Waals surface area contributed by atoms with Gasteiger partial charge in [-0.2, -0.15) is 0 Å². The molecule has 1 aliphatic heterocycles. The van der Waals surface area contributed by atoms with Crippen LogP contribution in [0.5, 0.6) is 0 Å². The summed E-state index contributed by atoms with van der Waals surface area (Å²) in [6.45, 7) is 5.08. The molecule has 0 unspecified atom stereocenters. The van der Waals surface area contributed by atoms with Gasteiger partial charge in [-0.3, -0.25) is 9.59 Å². The molecule has 8 nitrogen and oxygen atoms in total. The number of carbonyl (C=O) groups is 2. The Hall–Kier alpha value is -2.22. The molecule has 0 bridgehead atoms. The lowest BCUT2D eigenvalue weighted by Crippen LogP contribution is -2.48. The molecule has 0 radical (unpaired) electrons. The highest BCUT2D eigenvalue weighted by Gasteiger charge is 2.22. The number of nitrogens with zero attached hydrogens (tertiary/aromatic N) is 4. The maximum Gasteiger partial charge on any atom is 0.272 e. The second-order valence-electron chi connectivity index (χ2n) is 5.07. The standard InChI is InChI=1S/C14H21N5O3/c1-11-9-12(17-14(16-11)15-3-8-22-2)13(21)19-6-4-18(10-20)5-7-19/h9-10H,3-8H2,1-2H3,(H,15,16,17). The van der Waals surface area contributed by atoms with E-state index in [0.29, 0.717) is 51.0 Å². The monoisotopic (exact) mass is 307 g/mol. The summed E-state index contributed by atoms with van der Waals surface area (Å²) in [6, 6.07) is 1.68. The van der Waals surface area contributed by atoms with Gasteiger partial charge in [0.25, 0.3) is 5.91 Å². The minimum absolute atomic E-state index is 0.133. The average molecular weight is 307 g/mol. The van der Waals surface area contributed by atoms with Crippen LogP contribution in [-0.4, -0.2) is 78.5 Å².